The van der Waals surface area contributed by atoms with Gasteiger partial charge in [0.15, 0.2) is 6.61 Å². The van der Waals surface area contributed by atoms with Crippen molar-refractivity contribution in [2.75, 3.05) is 11.9 Å². The van der Waals surface area contributed by atoms with Crippen LogP contribution in [0.5, 0.6) is 5.75 Å². The van der Waals surface area contributed by atoms with Crippen molar-refractivity contribution < 1.29 is 19.4 Å². The molecule has 0 saturated carbocycles. The van der Waals surface area contributed by atoms with Crippen LogP contribution < -0.4 is 10.1 Å². The van der Waals surface area contributed by atoms with E-state index in [2.05, 4.69) is 5.32 Å². The average Bonchev–Trinajstić information content (AvgIpc) is 2.68. The Morgan fingerprint density at radius 3 is 2.23 bits per heavy atom. The molecule has 3 aromatic carbocycles. The van der Waals surface area contributed by atoms with Gasteiger partial charge in [-0.15, -0.1) is 0 Å². The molecule has 5 nitrogen and oxygen atoms in total. The number of carboxylic acid groups (broad SMARTS) is 1. The van der Waals surface area contributed by atoms with E-state index < -0.39 is 12.6 Å². The summed E-state index contributed by atoms with van der Waals surface area (Å²) >= 11 is 0. The smallest absolute Gasteiger partial charge is 0.341 e. The quantitative estimate of drug-likeness (QED) is 0.705. The molecule has 0 fully saturated rings. The van der Waals surface area contributed by atoms with E-state index >= 15 is 0 Å². The van der Waals surface area contributed by atoms with Crippen LogP contribution in [0.1, 0.15) is 10.4 Å². The number of carbonyl (C=O) groups excluding carboxylic acids is 1. The lowest BCUT2D eigenvalue weighted by Gasteiger charge is -2.08. The van der Waals surface area contributed by atoms with Crippen molar-refractivity contribution >= 4 is 17.6 Å². The Labute approximate surface area is 150 Å². The van der Waals surface area contributed by atoms with Gasteiger partial charge < -0.3 is 15.2 Å². The molecular weight excluding hydrogens is 330 g/mol. The molecule has 1 amide bonds. The summed E-state index contributed by atoms with van der Waals surface area (Å²) in [6, 6.07) is 23.9. The molecule has 0 atom stereocenters. The fourth-order valence-electron chi connectivity index (χ4n) is 2.45. The first-order valence-corrected chi connectivity index (χ1v) is 8.03. The summed E-state index contributed by atoms with van der Waals surface area (Å²) in [6.07, 6.45) is 0. The van der Waals surface area contributed by atoms with E-state index in [0.29, 0.717) is 17.0 Å². The third-order valence-corrected chi connectivity index (χ3v) is 3.71. The lowest BCUT2D eigenvalue weighted by Crippen LogP contribution is -2.13. The Balaban J connectivity index is 1.68. The molecule has 0 aliphatic carbocycles. The molecule has 0 saturated heterocycles. The van der Waals surface area contributed by atoms with E-state index in [9.17, 15) is 9.59 Å². The number of nitrogens with one attached hydrogen (secondary N) is 1. The SMILES string of the molecule is O=C(O)COc1cccc(C(=O)Nc2ccc(-c3ccccc3)cc2)c1. The minimum Gasteiger partial charge on any atom is -0.482 e. The predicted octanol–water partition coefficient (Wildman–Crippen LogP) is 4.07. The second-order valence-electron chi connectivity index (χ2n) is 5.61. The van der Waals surface area contributed by atoms with Gasteiger partial charge in [0.05, 0.1) is 0 Å². The lowest BCUT2D eigenvalue weighted by molar-refractivity contribution is -0.139. The first kappa shape index (κ1) is 17.2. The van der Waals surface area contributed by atoms with Gasteiger partial charge in [-0.3, -0.25) is 4.79 Å². The van der Waals surface area contributed by atoms with Gasteiger partial charge in [0.1, 0.15) is 5.75 Å². The number of hydrogen-bond acceptors (Lipinski definition) is 3. The molecule has 0 aliphatic heterocycles. The summed E-state index contributed by atoms with van der Waals surface area (Å²) in [6.45, 7) is -0.452. The molecule has 3 aromatic rings. The van der Waals surface area contributed by atoms with Gasteiger partial charge in [0, 0.05) is 11.3 Å². The fraction of sp³-hybridized carbons (Fsp3) is 0.0476. The third-order valence-electron chi connectivity index (χ3n) is 3.71. The molecule has 0 bridgehead atoms. The predicted molar refractivity (Wildman–Crippen MR) is 99.4 cm³/mol. The highest BCUT2D eigenvalue weighted by Gasteiger charge is 2.08. The van der Waals surface area contributed by atoms with Gasteiger partial charge >= 0.3 is 5.97 Å². The summed E-state index contributed by atoms with van der Waals surface area (Å²) < 4.78 is 5.09. The van der Waals surface area contributed by atoms with E-state index in [1.54, 1.807) is 18.2 Å². The van der Waals surface area contributed by atoms with Crippen LogP contribution >= 0.6 is 0 Å². The van der Waals surface area contributed by atoms with Crippen LogP contribution in [0.25, 0.3) is 11.1 Å². The zero-order valence-corrected chi connectivity index (χ0v) is 13.9. The number of hydrogen-bond donors (Lipinski definition) is 2. The number of rotatable bonds is 6. The highest BCUT2D eigenvalue weighted by atomic mass is 16.5. The zero-order chi connectivity index (χ0) is 18.4. The Morgan fingerprint density at radius 1 is 0.846 bits per heavy atom. The standard InChI is InChI=1S/C21H17NO4/c23-20(24)14-26-19-8-4-7-17(13-19)21(25)22-18-11-9-16(10-12-18)15-5-2-1-3-6-15/h1-13H,14H2,(H,22,25)(H,23,24). The van der Waals surface area contributed by atoms with Gasteiger partial charge in [0.25, 0.3) is 5.91 Å². The molecule has 26 heavy (non-hydrogen) atoms. The van der Waals surface area contributed by atoms with Crippen LogP contribution in [0.2, 0.25) is 0 Å². The number of aliphatic carboxylic acids is 1. The minimum absolute atomic E-state index is 0.293. The maximum absolute atomic E-state index is 12.4. The molecule has 0 spiro atoms. The maximum atomic E-state index is 12.4. The molecule has 3 rings (SSSR count). The van der Waals surface area contributed by atoms with Crippen molar-refractivity contribution in [2.24, 2.45) is 0 Å². The second-order valence-corrected chi connectivity index (χ2v) is 5.61. The van der Waals surface area contributed by atoms with Gasteiger partial charge in [-0.1, -0.05) is 48.5 Å². The van der Waals surface area contributed by atoms with Gasteiger partial charge in [0.2, 0.25) is 0 Å². The molecule has 0 radical (unpaired) electrons. The van der Waals surface area contributed by atoms with Crippen LogP contribution in [0, 0.1) is 0 Å². The van der Waals surface area contributed by atoms with Crippen molar-refractivity contribution in [1.82, 2.24) is 0 Å². The van der Waals surface area contributed by atoms with Crippen LogP contribution in [0.15, 0.2) is 78.9 Å². The number of carbonyl (C=O) groups is 2. The first-order chi connectivity index (χ1) is 12.6. The number of anilines is 1. The normalized spacial score (nSPS) is 10.2. The van der Waals surface area contributed by atoms with Crippen molar-refractivity contribution in [3.8, 4) is 16.9 Å². The topological polar surface area (TPSA) is 75.6 Å². The first-order valence-electron chi connectivity index (χ1n) is 8.03. The number of carboxylic acids is 1. The summed E-state index contributed by atoms with van der Waals surface area (Å²) in [4.78, 5) is 22.9. The summed E-state index contributed by atoms with van der Waals surface area (Å²) in [5.41, 5.74) is 3.23. The molecule has 5 heteroatoms. The Kier molecular flexibility index (Phi) is 5.29. The molecular formula is C21H17NO4. The highest BCUT2D eigenvalue weighted by molar-refractivity contribution is 6.04. The van der Waals surface area contributed by atoms with E-state index in [4.69, 9.17) is 9.84 Å². The lowest BCUT2D eigenvalue weighted by atomic mass is 10.1. The van der Waals surface area contributed by atoms with Crippen LogP contribution in [0.4, 0.5) is 5.69 Å². The molecule has 0 heterocycles. The van der Waals surface area contributed by atoms with E-state index in [-0.39, 0.29) is 5.91 Å². The third kappa shape index (κ3) is 4.48. The molecule has 2 N–H and O–H groups in total. The number of amides is 1. The van der Waals surface area contributed by atoms with E-state index in [0.717, 1.165) is 11.1 Å². The summed E-state index contributed by atoms with van der Waals surface area (Å²) in [7, 11) is 0. The maximum Gasteiger partial charge on any atom is 0.341 e. The number of benzene rings is 3. The van der Waals surface area contributed by atoms with Gasteiger partial charge in [-0.25, -0.2) is 4.79 Å². The minimum atomic E-state index is -1.07. The summed E-state index contributed by atoms with van der Waals surface area (Å²) in [5, 5.41) is 11.5. The fourth-order valence-corrected chi connectivity index (χ4v) is 2.45. The highest BCUT2D eigenvalue weighted by Crippen LogP contribution is 2.21. The van der Waals surface area contributed by atoms with E-state index in [1.165, 1.54) is 6.07 Å². The van der Waals surface area contributed by atoms with Crippen molar-refractivity contribution in [3.05, 3.63) is 84.4 Å². The molecule has 0 unspecified atom stereocenters. The molecule has 130 valence electrons. The van der Waals surface area contributed by atoms with Crippen LogP contribution in [0.3, 0.4) is 0 Å². The monoisotopic (exact) mass is 347 g/mol. The molecule has 0 aromatic heterocycles. The van der Waals surface area contributed by atoms with E-state index in [1.807, 2.05) is 54.6 Å². The van der Waals surface area contributed by atoms with Crippen LogP contribution in [-0.2, 0) is 4.79 Å². The summed E-state index contributed by atoms with van der Waals surface area (Å²) in [5.74, 6) is -1.03. The largest absolute Gasteiger partial charge is 0.482 e. The Morgan fingerprint density at radius 2 is 1.54 bits per heavy atom. The van der Waals surface area contributed by atoms with Crippen molar-refractivity contribution in [1.29, 1.82) is 0 Å². The van der Waals surface area contributed by atoms with Gasteiger partial charge in [-0.2, -0.15) is 0 Å². The number of ether oxygens (including phenoxy) is 1. The Hall–Kier alpha value is -3.60. The van der Waals surface area contributed by atoms with Crippen molar-refractivity contribution in [2.45, 2.75) is 0 Å². The van der Waals surface area contributed by atoms with Gasteiger partial charge in [-0.05, 0) is 41.5 Å². The van der Waals surface area contributed by atoms with Crippen LogP contribution in [-0.4, -0.2) is 23.6 Å². The second kappa shape index (κ2) is 7.98. The average molecular weight is 347 g/mol. The zero-order valence-electron chi connectivity index (χ0n) is 13.9. The Bertz CT molecular complexity index is 905. The molecule has 0 aliphatic rings. The van der Waals surface area contributed by atoms with Crippen molar-refractivity contribution in [3.63, 3.8) is 0 Å².